The summed E-state index contributed by atoms with van der Waals surface area (Å²) < 4.78 is 42.3. The number of carboxylic acids is 1. The third-order valence-electron chi connectivity index (χ3n) is 4.55. The lowest BCUT2D eigenvalue weighted by atomic mass is 10.1. The fourth-order valence-electron chi connectivity index (χ4n) is 3.13. The fourth-order valence-corrected chi connectivity index (χ4v) is 5.13. The molecule has 1 aromatic heterocycles. The van der Waals surface area contributed by atoms with Crippen molar-refractivity contribution in [2.75, 3.05) is 10.5 Å². The molecule has 0 aliphatic heterocycles. The Balaban J connectivity index is 1.81. The van der Waals surface area contributed by atoms with Crippen molar-refractivity contribution in [3.8, 4) is 5.75 Å². The van der Waals surface area contributed by atoms with Crippen LogP contribution < -0.4 is 4.72 Å². The maximum atomic E-state index is 13.8. The molecule has 1 heterocycles. The predicted molar refractivity (Wildman–Crippen MR) is 121 cm³/mol. The number of rotatable bonds is 6. The topological polar surface area (TPSA) is 117 Å². The van der Waals surface area contributed by atoms with Gasteiger partial charge in [0.25, 0.3) is 10.0 Å². The van der Waals surface area contributed by atoms with Crippen molar-refractivity contribution >= 4 is 66.7 Å². The van der Waals surface area contributed by atoms with Gasteiger partial charge in [0.15, 0.2) is 0 Å². The van der Waals surface area contributed by atoms with Crippen molar-refractivity contribution in [2.24, 2.45) is 0 Å². The van der Waals surface area contributed by atoms with Crippen molar-refractivity contribution < 1.29 is 27.8 Å². The molecule has 0 aliphatic carbocycles. The van der Waals surface area contributed by atoms with Gasteiger partial charge in [0, 0.05) is 10.4 Å². The molecule has 32 heavy (non-hydrogen) atoms. The van der Waals surface area contributed by atoms with Gasteiger partial charge in [-0.3, -0.25) is 14.5 Å². The molecule has 4 aromatic rings. The Bertz CT molecular complexity index is 1500. The van der Waals surface area contributed by atoms with E-state index in [1.54, 1.807) is 24.3 Å². The summed E-state index contributed by atoms with van der Waals surface area (Å²) >= 11 is 6.74. The van der Waals surface area contributed by atoms with Crippen molar-refractivity contribution in [1.82, 2.24) is 4.98 Å². The second-order valence-electron chi connectivity index (χ2n) is 6.76. The van der Waals surface area contributed by atoms with E-state index in [2.05, 4.69) is 9.71 Å². The lowest BCUT2D eigenvalue weighted by molar-refractivity contribution is -0.133. The fraction of sp³-hybridized carbons (Fsp3) is 0.0476. The van der Waals surface area contributed by atoms with Gasteiger partial charge >= 0.3 is 5.97 Å². The molecule has 0 atom stereocenters. The predicted octanol–water partition coefficient (Wildman–Crippen LogP) is 4.86. The first kappa shape index (κ1) is 22.1. The molecule has 164 valence electrons. The normalized spacial score (nSPS) is 11.7. The van der Waals surface area contributed by atoms with Gasteiger partial charge in [0.2, 0.25) is 0 Å². The van der Waals surface area contributed by atoms with Crippen molar-refractivity contribution in [1.29, 1.82) is 0 Å². The number of phenolic OH excluding ortho intramolecular Hbond substituents is 1. The molecule has 11 heteroatoms. The van der Waals surface area contributed by atoms with Crippen molar-refractivity contribution in [3.63, 3.8) is 0 Å². The van der Waals surface area contributed by atoms with Crippen LogP contribution in [0.3, 0.4) is 0 Å². The average Bonchev–Trinajstić information content (AvgIpc) is 2.74. The number of nitrogens with one attached hydrogen (secondary N) is 1. The van der Waals surface area contributed by atoms with E-state index >= 15 is 0 Å². The monoisotopic (exact) mass is 492 g/mol. The molecule has 0 unspecified atom stereocenters. The summed E-state index contributed by atoms with van der Waals surface area (Å²) in [6, 6.07) is 11.8. The minimum Gasteiger partial charge on any atom is -0.506 e. The number of hydrogen-bond donors (Lipinski definition) is 3. The molecule has 0 spiro atoms. The number of pyridine rings is 1. The third kappa shape index (κ3) is 4.43. The van der Waals surface area contributed by atoms with E-state index in [1.807, 2.05) is 0 Å². The SMILES string of the molecule is O=C(O)CSc1cc(NS(=O)(=O)c2ccc3cc(Cl)ccc3c2)c2ncc(F)cc2c1O. The molecule has 0 aliphatic rings. The number of aromatic hydroxyl groups is 1. The molecule has 0 amide bonds. The first-order valence-corrected chi connectivity index (χ1v) is 11.9. The minimum atomic E-state index is -4.10. The highest BCUT2D eigenvalue weighted by Gasteiger charge is 2.21. The molecule has 3 N–H and O–H groups in total. The number of carboxylic acid groups (broad SMARTS) is 1. The van der Waals surface area contributed by atoms with E-state index in [0.29, 0.717) is 10.4 Å². The number of aromatic nitrogens is 1. The van der Waals surface area contributed by atoms with Gasteiger partial charge in [0.05, 0.1) is 32.9 Å². The van der Waals surface area contributed by atoms with E-state index in [0.717, 1.165) is 29.4 Å². The summed E-state index contributed by atoms with van der Waals surface area (Å²) in [4.78, 5) is 14.9. The van der Waals surface area contributed by atoms with Gasteiger partial charge in [-0.15, -0.1) is 11.8 Å². The summed E-state index contributed by atoms with van der Waals surface area (Å²) in [6.45, 7) is 0. The first-order chi connectivity index (χ1) is 15.1. The number of halogens is 2. The maximum absolute atomic E-state index is 13.8. The Kier molecular flexibility index (Phi) is 5.85. The number of anilines is 1. The molecular formula is C21H14ClFN2O5S2. The molecule has 4 rings (SSSR count). The van der Waals surface area contributed by atoms with E-state index in [1.165, 1.54) is 18.2 Å². The number of phenols is 1. The number of aliphatic carboxylic acids is 1. The Morgan fingerprint density at radius 2 is 1.84 bits per heavy atom. The van der Waals surface area contributed by atoms with Crippen LogP contribution >= 0.6 is 23.4 Å². The summed E-state index contributed by atoms with van der Waals surface area (Å²) in [7, 11) is -4.10. The summed E-state index contributed by atoms with van der Waals surface area (Å²) in [6.07, 6.45) is 0.892. The zero-order valence-corrected chi connectivity index (χ0v) is 18.4. The minimum absolute atomic E-state index is 0.0136. The van der Waals surface area contributed by atoms with Crippen LogP contribution in [-0.4, -0.2) is 35.3 Å². The van der Waals surface area contributed by atoms with E-state index in [4.69, 9.17) is 16.7 Å². The Morgan fingerprint density at radius 3 is 2.59 bits per heavy atom. The van der Waals surface area contributed by atoms with Crippen LogP contribution in [0, 0.1) is 5.82 Å². The Morgan fingerprint density at radius 1 is 1.12 bits per heavy atom. The first-order valence-electron chi connectivity index (χ1n) is 9.02. The quantitative estimate of drug-likeness (QED) is 0.260. The molecule has 0 fully saturated rings. The molecular weight excluding hydrogens is 479 g/mol. The van der Waals surface area contributed by atoms with Gasteiger partial charge in [-0.1, -0.05) is 23.7 Å². The highest BCUT2D eigenvalue weighted by molar-refractivity contribution is 8.00. The van der Waals surface area contributed by atoms with Crippen LogP contribution in [0.25, 0.3) is 21.7 Å². The lowest BCUT2D eigenvalue weighted by Gasteiger charge is -2.14. The lowest BCUT2D eigenvalue weighted by Crippen LogP contribution is -2.13. The summed E-state index contributed by atoms with van der Waals surface area (Å²) in [5, 5.41) is 21.3. The van der Waals surface area contributed by atoms with Gasteiger partial charge in [-0.25, -0.2) is 12.8 Å². The largest absolute Gasteiger partial charge is 0.506 e. The number of nitrogens with zero attached hydrogens (tertiary/aromatic N) is 1. The molecule has 0 bridgehead atoms. The van der Waals surface area contributed by atoms with Gasteiger partial charge in [-0.2, -0.15) is 0 Å². The zero-order valence-electron chi connectivity index (χ0n) is 16.0. The standard InChI is InChI=1S/C21H14ClFN2O5S2/c22-13-3-1-12-6-15(4-2-11(12)5-13)32(29,30)25-17-8-18(31-10-19(26)27)21(28)16-7-14(23)9-24-20(16)17/h1-9,25,28H,10H2,(H,26,27). The third-order valence-corrected chi connectivity index (χ3v) is 7.16. The number of hydrogen-bond acceptors (Lipinski definition) is 6. The van der Waals surface area contributed by atoms with E-state index in [-0.39, 0.29) is 37.9 Å². The molecule has 7 nitrogen and oxygen atoms in total. The van der Waals surface area contributed by atoms with Gasteiger partial charge in [-0.05, 0) is 47.2 Å². The van der Waals surface area contributed by atoms with Crippen LogP contribution in [0.2, 0.25) is 5.02 Å². The maximum Gasteiger partial charge on any atom is 0.313 e. The smallest absolute Gasteiger partial charge is 0.313 e. The summed E-state index contributed by atoms with van der Waals surface area (Å²) in [5.74, 6) is -2.65. The highest BCUT2D eigenvalue weighted by atomic mass is 35.5. The highest BCUT2D eigenvalue weighted by Crippen LogP contribution is 2.40. The molecule has 0 radical (unpaired) electrons. The molecule has 3 aromatic carbocycles. The van der Waals surface area contributed by atoms with Gasteiger partial charge in [0.1, 0.15) is 11.6 Å². The van der Waals surface area contributed by atoms with Crippen LogP contribution in [-0.2, 0) is 14.8 Å². The Hall–Kier alpha value is -3.08. The number of benzene rings is 3. The van der Waals surface area contributed by atoms with Crippen LogP contribution in [0.1, 0.15) is 0 Å². The second kappa shape index (κ2) is 8.45. The number of carbonyl (C=O) groups is 1. The van der Waals surface area contributed by atoms with E-state index in [9.17, 15) is 22.7 Å². The van der Waals surface area contributed by atoms with Crippen molar-refractivity contribution in [3.05, 3.63) is 65.6 Å². The average molecular weight is 493 g/mol. The second-order valence-corrected chi connectivity index (χ2v) is 9.90. The number of fused-ring (bicyclic) bond motifs is 2. The number of thioether (sulfide) groups is 1. The van der Waals surface area contributed by atoms with Gasteiger partial charge < -0.3 is 10.2 Å². The summed E-state index contributed by atoms with van der Waals surface area (Å²) in [5.41, 5.74) is -0.0124. The zero-order chi connectivity index (χ0) is 23.0. The Labute approximate surface area is 190 Å². The van der Waals surface area contributed by atoms with Crippen molar-refractivity contribution in [2.45, 2.75) is 9.79 Å². The molecule has 0 saturated carbocycles. The van der Waals surface area contributed by atoms with E-state index < -0.39 is 21.8 Å². The van der Waals surface area contributed by atoms with Crippen LogP contribution in [0.15, 0.2) is 64.5 Å². The van der Waals surface area contributed by atoms with Crippen LogP contribution in [0.5, 0.6) is 5.75 Å². The molecule has 0 saturated heterocycles. The number of sulfonamides is 1. The van der Waals surface area contributed by atoms with Crippen LogP contribution in [0.4, 0.5) is 10.1 Å².